The molecule has 0 saturated carbocycles. The lowest BCUT2D eigenvalue weighted by atomic mass is 10.1. The number of aromatic hydroxyl groups is 1. The van der Waals surface area contributed by atoms with Crippen molar-refractivity contribution >= 4 is 21.6 Å². The summed E-state index contributed by atoms with van der Waals surface area (Å²) in [6.45, 7) is 4.06. The Morgan fingerprint density at radius 2 is 1.95 bits per heavy atom. The number of anilines is 1. The molecule has 0 bridgehead atoms. The summed E-state index contributed by atoms with van der Waals surface area (Å²) in [5.74, 6) is 0.885. The number of phenols is 1. The molecule has 1 unspecified atom stereocenters. The van der Waals surface area contributed by atoms with Gasteiger partial charge in [-0.1, -0.05) is 15.9 Å². The van der Waals surface area contributed by atoms with Crippen LogP contribution in [0.4, 0.5) is 5.69 Å². The summed E-state index contributed by atoms with van der Waals surface area (Å²) >= 11 is 3.49. The second-order valence-electron chi connectivity index (χ2n) is 4.75. The van der Waals surface area contributed by atoms with E-state index in [-0.39, 0.29) is 11.8 Å². The maximum absolute atomic E-state index is 10.0. The third-order valence-electron chi connectivity index (χ3n) is 3.25. The number of methoxy groups -OCH3 is 1. The van der Waals surface area contributed by atoms with Crippen LogP contribution in [0.2, 0.25) is 0 Å². The highest BCUT2D eigenvalue weighted by Gasteiger charge is 2.11. The van der Waals surface area contributed by atoms with Crippen LogP contribution in [-0.2, 0) is 0 Å². The highest BCUT2D eigenvalue weighted by atomic mass is 79.9. The molecule has 0 aliphatic rings. The first-order chi connectivity index (χ1) is 9.51. The largest absolute Gasteiger partial charge is 0.507 e. The number of ether oxygens (including phenoxy) is 1. The molecule has 0 saturated heterocycles. The summed E-state index contributed by atoms with van der Waals surface area (Å²) in [5.41, 5.74) is 3.03. The second kappa shape index (κ2) is 6.18. The van der Waals surface area contributed by atoms with Gasteiger partial charge in [0.05, 0.1) is 13.2 Å². The predicted octanol–water partition coefficient (Wildman–Crippen LogP) is 4.64. The van der Waals surface area contributed by atoms with Crippen molar-refractivity contribution < 1.29 is 9.84 Å². The first-order valence-electron chi connectivity index (χ1n) is 6.41. The Kier molecular flexibility index (Phi) is 4.55. The molecule has 0 amide bonds. The maximum atomic E-state index is 10.0. The molecule has 2 N–H and O–H groups in total. The molecule has 0 fully saturated rings. The maximum Gasteiger partial charge on any atom is 0.124 e. The van der Waals surface area contributed by atoms with Crippen LogP contribution >= 0.6 is 15.9 Å². The van der Waals surface area contributed by atoms with Crippen LogP contribution in [0.3, 0.4) is 0 Å². The van der Waals surface area contributed by atoms with Crippen molar-refractivity contribution in [2.45, 2.75) is 19.9 Å². The number of hydrogen-bond acceptors (Lipinski definition) is 3. The molecule has 0 heterocycles. The van der Waals surface area contributed by atoms with Gasteiger partial charge in [-0.25, -0.2) is 0 Å². The van der Waals surface area contributed by atoms with Crippen molar-refractivity contribution in [3.05, 3.63) is 52.0 Å². The van der Waals surface area contributed by atoms with Crippen LogP contribution in [0.1, 0.15) is 24.1 Å². The number of phenolic OH excluding ortho intramolecular Hbond substituents is 1. The van der Waals surface area contributed by atoms with E-state index >= 15 is 0 Å². The molecular weight excluding hydrogens is 318 g/mol. The quantitative estimate of drug-likeness (QED) is 0.854. The van der Waals surface area contributed by atoms with Gasteiger partial charge in [0.2, 0.25) is 0 Å². The summed E-state index contributed by atoms with van der Waals surface area (Å²) < 4.78 is 6.18. The average molecular weight is 336 g/mol. The zero-order valence-corrected chi connectivity index (χ0v) is 13.4. The molecule has 2 aromatic rings. The van der Waals surface area contributed by atoms with Gasteiger partial charge in [-0.2, -0.15) is 0 Å². The minimum absolute atomic E-state index is 0.00137. The Morgan fingerprint density at radius 3 is 2.55 bits per heavy atom. The zero-order chi connectivity index (χ0) is 14.7. The molecule has 0 aromatic heterocycles. The van der Waals surface area contributed by atoms with Gasteiger partial charge >= 0.3 is 0 Å². The van der Waals surface area contributed by atoms with Gasteiger partial charge in [0.15, 0.2) is 0 Å². The number of aryl methyl sites for hydroxylation is 1. The van der Waals surface area contributed by atoms with Gasteiger partial charge in [-0.05, 0) is 49.7 Å². The fourth-order valence-corrected chi connectivity index (χ4v) is 2.33. The molecule has 20 heavy (non-hydrogen) atoms. The Bertz CT molecular complexity index is 613. The van der Waals surface area contributed by atoms with Gasteiger partial charge in [0, 0.05) is 21.8 Å². The summed E-state index contributed by atoms with van der Waals surface area (Å²) in [6.07, 6.45) is 0. The molecule has 2 aromatic carbocycles. The second-order valence-corrected chi connectivity index (χ2v) is 5.61. The first-order valence-corrected chi connectivity index (χ1v) is 7.20. The smallest absolute Gasteiger partial charge is 0.124 e. The molecule has 3 nitrogen and oxygen atoms in total. The molecule has 4 heteroatoms. The van der Waals surface area contributed by atoms with E-state index in [1.54, 1.807) is 13.2 Å². The third kappa shape index (κ3) is 3.25. The average Bonchev–Trinajstić information content (AvgIpc) is 2.42. The Hall–Kier alpha value is -1.68. The van der Waals surface area contributed by atoms with E-state index in [0.29, 0.717) is 5.75 Å². The van der Waals surface area contributed by atoms with Crippen molar-refractivity contribution in [3.8, 4) is 11.5 Å². The summed E-state index contributed by atoms with van der Waals surface area (Å²) in [6, 6.07) is 11.4. The lowest BCUT2D eigenvalue weighted by Gasteiger charge is -2.18. The zero-order valence-electron chi connectivity index (χ0n) is 11.8. The van der Waals surface area contributed by atoms with Crippen molar-refractivity contribution in [3.63, 3.8) is 0 Å². The van der Waals surface area contributed by atoms with Crippen molar-refractivity contribution in [1.82, 2.24) is 0 Å². The monoisotopic (exact) mass is 335 g/mol. The summed E-state index contributed by atoms with van der Waals surface area (Å²) in [5, 5.41) is 13.4. The number of hydrogen-bond donors (Lipinski definition) is 2. The standard InChI is InChI=1S/C16H18BrNO2/c1-10-8-12(4-7-15(10)17)18-11(2)14-6-5-13(20-3)9-16(14)19/h4-9,11,18-19H,1-3H3. The normalized spacial score (nSPS) is 12.0. The minimum atomic E-state index is 0.00137. The van der Waals surface area contributed by atoms with Gasteiger partial charge in [0.25, 0.3) is 0 Å². The third-order valence-corrected chi connectivity index (χ3v) is 4.13. The van der Waals surface area contributed by atoms with E-state index < -0.39 is 0 Å². The van der Waals surface area contributed by atoms with Gasteiger partial charge in [-0.3, -0.25) is 0 Å². The van der Waals surface area contributed by atoms with Crippen LogP contribution < -0.4 is 10.1 Å². The number of rotatable bonds is 4. The molecular formula is C16H18BrNO2. The van der Waals surface area contributed by atoms with E-state index in [1.165, 1.54) is 5.56 Å². The van der Waals surface area contributed by atoms with Crippen molar-refractivity contribution in [2.75, 3.05) is 12.4 Å². The van der Waals surface area contributed by atoms with E-state index in [0.717, 1.165) is 15.7 Å². The Balaban J connectivity index is 2.19. The molecule has 0 spiro atoms. The van der Waals surface area contributed by atoms with Crippen molar-refractivity contribution in [2.24, 2.45) is 0 Å². The van der Waals surface area contributed by atoms with Crippen molar-refractivity contribution in [1.29, 1.82) is 0 Å². The predicted molar refractivity (Wildman–Crippen MR) is 85.6 cm³/mol. The van der Waals surface area contributed by atoms with Gasteiger partial charge in [0.1, 0.15) is 11.5 Å². The molecule has 1 atom stereocenters. The summed E-state index contributed by atoms with van der Waals surface area (Å²) in [7, 11) is 1.58. The Morgan fingerprint density at radius 1 is 1.20 bits per heavy atom. The fraction of sp³-hybridized carbons (Fsp3) is 0.250. The first kappa shape index (κ1) is 14.7. The molecule has 2 rings (SSSR count). The van der Waals surface area contributed by atoms with Crippen LogP contribution in [0, 0.1) is 6.92 Å². The fourth-order valence-electron chi connectivity index (χ4n) is 2.08. The number of nitrogens with one attached hydrogen (secondary N) is 1. The van der Waals surface area contributed by atoms with Crippen LogP contribution in [0.5, 0.6) is 11.5 Å². The molecule has 0 aliphatic carbocycles. The molecule has 0 radical (unpaired) electrons. The van der Waals surface area contributed by atoms with Crippen LogP contribution in [0.15, 0.2) is 40.9 Å². The highest BCUT2D eigenvalue weighted by Crippen LogP contribution is 2.31. The van der Waals surface area contributed by atoms with Crippen LogP contribution in [-0.4, -0.2) is 12.2 Å². The lowest BCUT2D eigenvalue weighted by Crippen LogP contribution is -2.07. The molecule has 0 aliphatic heterocycles. The van der Waals surface area contributed by atoms with E-state index in [9.17, 15) is 5.11 Å². The van der Waals surface area contributed by atoms with Gasteiger partial charge < -0.3 is 15.2 Å². The Labute approximate surface area is 127 Å². The minimum Gasteiger partial charge on any atom is -0.507 e. The van der Waals surface area contributed by atoms with Crippen LogP contribution in [0.25, 0.3) is 0 Å². The summed E-state index contributed by atoms with van der Waals surface area (Å²) in [4.78, 5) is 0. The lowest BCUT2D eigenvalue weighted by molar-refractivity contribution is 0.406. The number of halogens is 1. The SMILES string of the molecule is COc1ccc(C(C)Nc2ccc(Br)c(C)c2)c(O)c1. The molecule has 106 valence electrons. The van der Waals surface area contributed by atoms with E-state index in [4.69, 9.17) is 4.74 Å². The van der Waals surface area contributed by atoms with E-state index in [2.05, 4.69) is 27.3 Å². The highest BCUT2D eigenvalue weighted by molar-refractivity contribution is 9.10. The van der Waals surface area contributed by atoms with Gasteiger partial charge in [-0.15, -0.1) is 0 Å². The number of benzene rings is 2. The topological polar surface area (TPSA) is 41.5 Å². The van der Waals surface area contributed by atoms with E-state index in [1.807, 2.05) is 38.1 Å².